The molecule has 0 aliphatic heterocycles. The van der Waals surface area contributed by atoms with E-state index in [1.54, 1.807) is 0 Å². The molecule has 0 atom stereocenters. The molecule has 0 unspecified atom stereocenters. The van der Waals surface area contributed by atoms with Gasteiger partial charge in [0.2, 0.25) is 11.8 Å². The molecule has 36 heavy (non-hydrogen) atoms. The van der Waals surface area contributed by atoms with Gasteiger partial charge in [0.05, 0.1) is 18.0 Å². The van der Waals surface area contributed by atoms with Gasteiger partial charge < -0.3 is 13.9 Å². The van der Waals surface area contributed by atoms with Gasteiger partial charge in [-0.15, -0.1) is 0 Å². The third-order valence-electron chi connectivity index (χ3n) is 6.24. The van der Waals surface area contributed by atoms with Crippen molar-refractivity contribution in [3.8, 4) is 28.8 Å². The van der Waals surface area contributed by atoms with Crippen molar-refractivity contribution >= 4 is 11.0 Å². The van der Waals surface area contributed by atoms with Crippen LogP contribution < -0.4 is 9.47 Å². The molecular weight excluding hydrogens is 452 g/mol. The highest BCUT2D eigenvalue weighted by atomic mass is 16.5. The van der Waals surface area contributed by atoms with Gasteiger partial charge in [0.15, 0.2) is 5.65 Å². The quantitative estimate of drug-likeness (QED) is 0.250. The van der Waals surface area contributed by atoms with Crippen molar-refractivity contribution in [1.29, 1.82) is 0 Å². The molecule has 0 aliphatic carbocycles. The summed E-state index contributed by atoms with van der Waals surface area (Å²) < 4.78 is 19.4. The molecule has 5 rings (SSSR count). The number of ether oxygens (including phenoxy) is 2. The van der Waals surface area contributed by atoms with E-state index in [0.29, 0.717) is 24.1 Å². The van der Waals surface area contributed by atoms with Crippen LogP contribution in [0.4, 0.5) is 0 Å². The van der Waals surface area contributed by atoms with Gasteiger partial charge in [-0.3, -0.25) is 0 Å². The topological polar surface area (TPSA) is 75.2 Å². The maximum atomic E-state index is 6.10. The first-order valence-electron chi connectivity index (χ1n) is 12.3. The van der Waals surface area contributed by atoms with E-state index in [9.17, 15) is 0 Å². The van der Waals surface area contributed by atoms with Crippen LogP contribution in [0.5, 0.6) is 11.6 Å². The lowest BCUT2D eigenvalue weighted by Crippen LogP contribution is -2.02. The Morgan fingerprint density at radius 3 is 2.33 bits per heavy atom. The number of aryl methyl sites for hydroxylation is 4. The molecule has 0 spiro atoms. The fraction of sp³-hybridized carbons (Fsp3) is 0.276. The highest BCUT2D eigenvalue weighted by Crippen LogP contribution is 2.28. The van der Waals surface area contributed by atoms with Crippen LogP contribution in [0.15, 0.2) is 59.0 Å². The molecule has 3 aromatic heterocycles. The first-order valence-corrected chi connectivity index (χ1v) is 12.3. The van der Waals surface area contributed by atoms with E-state index in [1.807, 2.05) is 55.8 Å². The second kappa shape index (κ2) is 9.85. The number of nitrogens with zero attached hydrogens (tertiary/aromatic N) is 4. The molecule has 2 aromatic carbocycles. The standard InChI is InChI=1S/C29H30N4O3/c1-6-21-8-12-23(13-9-21)33-28-27(19(4)32-33)18(3)16-26(31-28)35-17-25-20(5)36-29(30-25)22-10-14-24(15-11-22)34-7-2/h8-16H,6-7,17H2,1-5H3. The number of hydrogen-bond acceptors (Lipinski definition) is 6. The summed E-state index contributed by atoms with van der Waals surface area (Å²) in [6.45, 7) is 11.0. The van der Waals surface area contributed by atoms with E-state index in [2.05, 4.69) is 43.1 Å². The zero-order valence-corrected chi connectivity index (χ0v) is 21.3. The molecule has 0 bridgehead atoms. The van der Waals surface area contributed by atoms with Gasteiger partial charge in [-0.05, 0) is 81.6 Å². The molecule has 0 fully saturated rings. The van der Waals surface area contributed by atoms with Crippen molar-refractivity contribution < 1.29 is 13.9 Å². The molecule has 0 amide bonds. The lowest BCUT2D eigenvalue weighted by molar-refractivity contribution is 0.288. The lowest BCUT2D eigenvalue weighted by Gasteiger charge is -2.08. The Hall–Kier alpha value is -4.13. The van der Waals surface area contributed by atoms with E-state index in [0.717, 1.165) is 51.4 Å². The van der Waals surface area contributed by atoms with Crippen LogP contribution in [0.25, 0.3) is 28.2 Å². The average molecular weight is 483 g/mol. The van der Waals surface area contributed by atoms with Gasteiger partial charge >= 0.3 is 0 Å². The Morgan fingerprint density at radius 1 is 0.889 bits per heavy atom. The molecule has 3 heterocycles. The molecule has 0 saturated heterocycles. The van der Waals surface area contributed by atoms with Crippen LogP contribution in [-0.4, -0.2) is 26.4 Å². The summed E-state index contributed by atoms with van der Waals surface area (Å²) in [6.07, 6.45) is 0.996. The molecule has 0 aliphatic rings. The Morgan fingerprint density at radius 2 is 1.64 bits per heavy atom. The van der Waals surface area contributed by atoms with E-state index in [-0.39, 0.29) is 6.61 Å². The van der Waals surface area contributed by atoms with Crippen LogP contribution >= 0.6 is 0 Å². The predicted octanol–water partition coefficient (Wildman–Crippen LogP) is 6.54. The van der Waals surface area contributed by atoms with Crippen molar-refractivity contribution in [2.75, 3.05) is 6.61 Å². The van der Waals surface area contributed by atoms with Crippen molar-refractivity contribution in [1.82, 2.24) is 19.7 Å². The second-order valence-electron chi connectivity index (χ2n) is 8.76. The number of pyridine rings is 1. The summed E-state index contributed by atoms with van der Waals surface area (Å²) in [6, 6.07) is 18.1. The zero-order chi connectivity index (χ0) is 25.2. The summed E-state index contributed by atoms with van der Waals surface area (Å²) in [5, 5.41) is 5.81. The largest absolute Gasteiger partial charge is 0.494 e. The molecule has 0 saturated carbocycles. The van der Waals surface area contributed by atoms with Crippen molar-refractivity contribution in [2.24, 2.45) is 0 Å². The minimum absolute atomic E-state index is 0.253. The van der Waals surface area contributed by atoms with Gasteiger partial charge in [0, 0.05) is 17.0 Å². The van der Waals surface area contributed by atoms with Crippen molar-refractivity contribution in [3.05, 3.63) is 82.9 Å². The first-order chi connectivity index (χ1) is 17.5. The summed E-state index contributed by atoms with van der Waals surface area (Å²) in [4.78, 5) is 9.48. The fourth-order valence-electron chi connectivity index (χ4n) is 4.29. The fourth-order valence-corrected chi connectivity index (χ4v) is 4.29. The third kappa shape index (κ3) is 4.56. The van der Waals surface area contributed by atoms with Gasteiger partial charge in [-0.2, -0.15) is 10.1 Å². The molecule has 7 nitrogen and oxygen atoms in total. The van der Waals surface area contributed by atoms with Gasteiger partial charge in [0.1, 0.15) is 23.8 Å². The number of aromatic nitrogens is 4. The highest BCUT2D eigenvalue weighted by Gasteiger charge is 2.17. The molecule has 7 heteroatoms. The summed E-state index contributed by atoms with van der Waals surface area (Å²) in [5.74, 6) is 2.61. The smallest absolute Gasteiger partial charge is 0.226 e. The van der Waals surface area contributed by atoms with Crippen LogP contribution in [0.2, 0.25) is 0 Å². The monoisotopic (exact) mass is 482 g/mol. The number of fused-ring (bicyclic) bond motifs is 1. The van der Waals surface area contributed by atoms with E-state index in [4.69, 9.17) is 24.0 Å². The van der Waals surface area contributed by atoms with Crippen molar-refractivity contribution in [2.45, 2.75) is 47.6 Å². The third-order valence-corrected chi connectivity index (χ3v) is 6.24. The van der Waals surface area contributed by atoms with E-state index in [1.165, 1.54) is 5.56 Å². The van der Waals surface area contributed by atoms with E-state index >= 15 is 0 Å². The van der Waals surface area contributed by atoms with Crippen LogP contribution in [0.1, 0.15) is 42.1 Å². The maximum absolute atomic E-state index is 6.10. The second-order valence-corrected chi connectivity index (χ2v) is 8.76. The van der Waals surface area contributed by atoms with Crippen molar-refractivity contribution in [3.63, 3.8) is 0 Å². The van der Waals surface area contributed by atoms with Crippen LogP contribution in [0.3, 0.4) is 0 Å². The molecule has 0 N–H and O–H groups in total. The number of oxazole rings is 1. The Kier molecular flexibility index (Phi) is 6.46. The minimum atomic E-state index is 0.253. The Balaban J connectivity index is 1.40. The van der Waals surface area contributed by atoms with Gasteiger partial charge in [-0.25, -0.2) is 9.67 Å². The molecule has 0 radical (unpaired) electrons. The van der Waals surface area contributed by atoms with E-state index < -0.39 is 0 Å². The lowest BCUT2D eigenvalue weighted by atomic mass is 10.1. The number of hydrogen-bond donors (Lipinski definition) is 0. The molecule has 184 valence electrons. The zero-order valence-electron chi connectivity index (χ0n) is 21.3. The normalized spacial score (nSPS) is 11.2. The average Bonchev–Trinajstić information content (AvgIpc) is 3.43. The Labute approximate surface area is 210 Å². The Bertz CT molecular complexity index is 1500. The minimum Gasteiger partial charge on any atom is -0.494 e. The SMILES string of the molecule is CCOc1ccc(-c2nc(COc3cc(C)c4c(C)nn(-c5ccc(CC)cc5)c4n3)c(C)o2)cc1. The summed E-state index contributed by atoms with van der Waals surface area (Å²) in [7, 11) is 0. The predicted molar refractivity (Wildman–Crippen MR) is 140 cm³/mol. The number of benzene rings is 2. The molecule has 5 aromatic rings. The highest BCUT2D eigenvalue weighted by molar-refractivity contribution is 5.84. The van der Waals surface area contributed by atoms with Gasteiger partial charge in [0.25, 0.3) is 0 Å². The molecular formula is C29H30N4O3. The van der Waals surface area contributed by atoms with Crippen LogP contribution in [-0.2, 0) is 13.0 Å². The first kappa shape index (κ1) is 23.6. The van der Waals surface area contributed by atoms with Crippen LogP contribution in [0, 0.1) is 20.8 Å². The maximum Gasteiger partial charge on any atom is 0.226 e. The summed E-state index contributed by atoms with van der Waals surface area (Å²) >= 11 is 0. The van der Waals surface area contributed by atoms with Gasteiger partial charge in [-0.1, -0.05) is 19.1 Å². The number of rotatable bonds is 8. The summed E-state index contributed by atoms with van der Waals surface area (Å²) in [5.41, 5.74) is 6.66.